The summed E-state index contributed by atoms with van der Waals surface area (Å²) < 4.78 is 0. The van der Waals surface area contributed by atoms with E-state index in [-0.39, 0.29) is 21.7 Å². The smallest absolute Gasteiger partial charge is 0.0726 e. The van der Waals surface area contributed by atoms with E-state index in [1.165, 1.54) is 95.0 Å². The van der Waals surface area contributed by atoms with Crippen molar-refractivity contribution in [3.05, 3.63) is 171 Å². The van der Waals surface area contributed by atoms with Crippen LogP contribution >= 0.6 is 0 Å². The molecule has 8 rings (SSSR count). The molecule has 2 aliphatic rings. The Morgan fingerprint density at radius 1 is 0.357 bits per heavy atom. The molecule has 1 heteroatoms. The minimum absolute atomic E-state index is 0.00875. The molecular formula is C55H61N. The second kappa shape index (κ2) is 12.6. The molecule has 0 bridgehead atoms. The monoisotopic (exact) mass is 735 g/mol. The highest BCUT2D eigenvalue weighted by atomic mass is 15.1. The highest BCUT2D eigenvalue weighted by Gasteiger charge is 2.54. The van der Waals surface area contributed by atoms with Crippen LogP contribution in [-0.2, 0) is 27.1 Å². The fourth-order valence-corrected chi connectivity index (χ4v) is 9.15. The Kier molecular flexibility index (Phi) is 8.53. The van der Waals surface area contributed by atoms with Crippen molar-refractivity contribution >= 4 is 17.1 Å². The highest BCUT2D eigenvalue weighted by molar-refractivity contribution is 6.01. The van der Waals surface area contributed by atoms with Gasteiger partial charge >= 0.3 is 0 Å². The molecule has 0 N–H and O–H groups in total. The van der Waals surface area contributed by atoms with Crippen molar-refractivity contribution in [2.24, 2.45) is 0 Å². The van der Waals surface area contributed by atoms with Crippen molar-refractivity contribution < 1.29 is 0 Å². The van der Waals surface area contributed by atoms with Crippen LogP contribution < -0.4 is 4.90 Å². The number of fused-ring (bicyclic) bond motifs is 10. The zero-order valence-electron chi connectivity index (χ0n) is 36.4. The van der Waals surface area contributed by atoms with E-state index >= 15 is 0 Å². The Balaban J connectivity index is 1.61. The average Bonchev–Trinajstić information content (AvgIpc) is 3.58. The quantitative estimate of drug-likeness (QED) is 0.175. The molecule has 1 nitrogen and oxygen atoms in total. The van der Waals surface area contributed by atoms with Gasteiger partial charge in [0.05, 0.1) is 11.1 Å². The summed E-state index contributed by atoms with van der Waals surface area (Å²) in [5, 5.41) is 0. The van der Waals surface area contributed by atoms with Gasteiger partial charge in [0.25, 0.3) is 0 Å². The SMILES string of the molecule is Cc1ccc(N(c2ccc(C)cc2)c2cc(C(C)(C)C)cc3c2-c2ccc(C(C)(C)C)cc2C32c3cc(C(C)(C)C)ccc3-c3ccc(C(C)(C)C)cc32)cc1. The number of benzene rings is 6. The van der Waals surface area contributed by atoms with Gasteiger partial charge in [0.2, 0.25) is 0 Å². The Hall–Kier alpha value is -4.88. The summed E-state index contributed by atoms with van der Waals surface area (Å²) >= 11 is 0. The van der Waals surface area contributed by atoms with Crippen LogP contribution in [0.5, 0.6) is 0 Å². The first-order valence-corrected chi connectivity index (χ1v) is 20.7. The lowest BCUT2D eigenvalue weighted by atomic mass is 9.67. The number of hydrogen-bond acceptors (Lipinski definition) is 1. The van der Waals surface area contributed by atoms with Crippen LogP contribution in [0.2, 0.25) is 0 Å². The zero-order valence-corrected chi connectivity index (χ0v) is 36.4. The number of rotatable bonds is 3. The lowest BCUT2D eigenvalue weighted by molar-refractivity contribution is 0.583. The first kappa shape index (κ1) is 38.0. The van der Waals surface area contributed by atoms with E-state index in [4.69, 9.17) is 0 Å². The molecule has 2 aliphatic carbocycles. The maximum absolute atomic E-state index is 2.60. The molecule has 0 fully saturated rings. The number of anilines is 3. The second-order valence-corrected chi connectivity index (χ2v) is 21.0. The summed E-state index contributed by atoms with van der Waals surface area (Å²) in [6.07, 6.45) is 0. The second-order valence-electron chi connectivity index (χ2n) is 21.0. The third-order valence-corrected chi connectivity index (χ3v) is 12.6. The Morgan fingerprint density at radius 2 is 0.696 bits per heavy atom. The molecule has 1 spiro atoms. The van der Waals surface area contributed by atoms with Gasteiger partial charge in [0.1, 0.15) is 0 Å². The Bertz CT molecular complexity index is 2390. The van der Waals surface area contributed by atoms with Crippen LogP contribution in [0.3, 0.4) is 0 Å². The number of aryl methyl sites for hydroxylation is 2. The predicted octanol–water partition coefficient (Wildman–Crippen LogP) is 15.3. The van der Waals surface area contributed by atoms with Crippen LogP contribution in [0.25, 0.3) is 22.3 Å². The first-order valence-electron chi connectivity index (χ1n) is 20.7. The molecule has 0 saturated carbocycles. The molecule has 6 aromatic carbocycles. The van der Waals surface area contributed by atoms with Gasteiger partial charge in [-0.3, -0.25) is 0 Å². The third kappa shape index (κ3) is 5.96. The van der Waals surface area contributed by atoms with Gasteiger partial charge in [0.15, 0.2) is 0 Å². The number of hydrogen-bond donors (Lipinski definition) is 0. The maximum Gasteiger partial charge on any atom is 0.0726 e. The summed E-state index contributed by atoms with van der Waals surface area (Å²) in [5.41, 5.74) is 21.8. The molecule has 0 unspecified atom stereocenters. The average molecular weight is 736 g/mol. The van der Waals surface area contributed by atoms with Crippen LogP contribution in [-0.4, -0.2) is 0 Å². The van der Waals surface area contributed by atoms with Crippen LogP contribution in [0, 0.1) is 13.8 Å². The predicted molar refractivity (Wildman–Crippen MR) is 242 cm³/mol. The van der Waals surface area contributed by atoms with Gasteiger partial charge < -0.3 is 4.90 Å². The van der Waals surface area contributed by atoms with E-state index < -0.39 is 5.41 Å². The van der Waals surface area contributed by atoms with Crippen molar-refractivity contribution in [2.45, 2.75) is 124 Å². The molecule has 0 atom stereocenters. The van der Waals surface area contributed by atoms with Gasteiger partial charge in [0, 0.05) is 16.9 Å². The molecule has 0 saturated heterocycles. The van der Waals surface area contributed by atoms with Gasteiger partial charge in [-0.1, -0.05) is 179 Å². The molecular weight excluding hydrogens is 675 g/mol. The Labute approximate surface area is 337 Å². The first-order chi connectivity index (χ1) is 26.1. The molecule has 6 aromatic rings. The minimum Gasteiger partial charge on any atom is -0.310 e. The van der Waals surface area contributed by atoms with E-state index in [0.717, 1.165) is 0 Å². The lowest BCUT2D eigenvalue weighted by Crippen LogP contribution is -2.29. The molecule has 0 heterocycles. The van der Waals surface area contributed by atoms with Crippen molar-refractivity contribution in [3.63, 3.8) is 0 Å². The maximum atomic E-state index is 2.60. The van der Waals surface area contributed by atoms with Gasteiger partial charge in [-0.15, -0.1) is 0 Å². The molecule has 0 aliphatic heterocycles. The van der Waals surface area contributed by atoms with E-state index in [1.807, 2.05) is 0 Å². The topological polar surface area (TPSA) is 3.24 Å². The van der Waals surface area contributed by atoms with Crippen LogP contribution in [0.4, 0.5) is 17.1 Å². The summed E-state index contributed by atoms with van der Waals surface area (Å²) in [4.78, 5) is 2.53. The van der Waals surface area contributed by atoms with E-state index in [0.29, 0.717) is 0 Å². The van der Waals surface area contributed by atoms with Crippen LogP contribution in [0.1, 0.15) is 139 Å². The summed E-state index contributed by atoms with van der Waals surface area (Å²) in [6, 6.07) is 45.5. The van der Waals surface area contributed by atoms with Crippen molar-refractivity contribution in [1.82, 2.24) is 0 Å². The van der Waals surface area contributed by atoms with E-state index in [2.05, 4.69) is 217 Å². The van der Waals surface area contributed by atoms with Crippen molar-refractivity contribution in [1.29, 1.82) is 0 Å². The highest BCUT2D eigenvalue weighted by Crippen LogP contribution is 2.66. The summed E-state index contributed by atoms with van der Waals surface area (Å²) in [5.74, 6) is 0. The molecule has 286 valence electrons. The summed E-state index contributed by atoms with van der Waals surface area (Å²) in [7, 11) is 0. The molecule has 56 heavy (non-hydrogen) atoms. The van der Waals surface area contributed by atoms with E-state index in [1.54, 1.807) is 0 Å². The largest absolute Gasteiger partial charge is 0.310 e. The zero-order chi connectivity index (χ0) is 40.3. The van der Waals surface area contributed by atoms with E-state index in [9.17, 15) is 0 Å². The van der Waals surface area contributed by atoms with Gasteiger partial charge in [-0.2, -0.15) is 0 Å². The van der Waals surface area contributed by atoms with Crippen LogP contribution in [0.15, 0.2) is 115 Å². The minimum atomic E-state index is -0.513. The standard InChI is InChI=1S/C55H61N/c1-34-15-22-40(23-16-34)56(41-24-17-35(2)18-25-41)49-33-39(54(12,13)14)32-48-50(49)44-28-21-38(53(9,10)11)31-47(44)55(48)45-29-36(51(3,4)5)19-26-42(45)43-27-20-37(30-46(43)55)52(6,7)8/h15-33H,1-14H3. The van der Waals surface area contributed by atoms with Crippen molar-refractivity contribution in [2.75, 3.05) is 4.90 Å². The normalized spacial score (nSPS) is 14.4. The van der Waals surface area contributed by atoms with Gasteiger partial charge in [-0.05, 0) is 127 Å². The molecule has 0 radical (unpaired) electrons. The molecule has 0 aromatic heterocycles. The van der Waals surface area contributed by atoms with Gasteiger partial charge in [-0.25, -0.2) is 0 Å². The summed E-state index contributed by atoms with van der Waals surface area (Å²) in [6.45, 7) is 32.7. The fourth-order valence-electron chi connectivity index (χ4n) is 9.15. The third-order valence-electron chi connectivity index (χ3n) is 12.6. The van der Waals surface area contributed by atoms with Crippen molar-refractivity contribution in [3.8, 4) is 22.3 Å². The molecule has 0 amide bonds. The number of nitrogens with zero attached hydrogens (tertiary/aromatic N) is 1. The fraction of sp³-hybridized carbons (Fsp3) is 0.345. The Morgan fingerprint density at radius 3 is 1.07 bits per heavy atom. The lowest BCUT2D eigenvalue weighted by Gasteiger charge is -2.35.